The third-order valence-corrected chi connectivity index (χ3v) is 0.976. The summed E-state index contributed by atoms with van der Waals surface area (Å²) >= 11 is 0. The summed E-state index contributed by atoms with van der Waals surface area (Å²) in [5, 5.41) is 0. The van der Waals surface area contributed by atoms with Crippen LogP contribution in [0.2, 0.25) is 0 Å². The highest BCUT2D eigenvalue weighted by Gasteiger charge is 2.00. The first kappa shape index (κ1) is 24.8. The minimum absolute atomic E-state index is 0. The summed E-state index contributed by atoms with van der Waals surface area (Å²) in [5.74, 6) is -0.312. The number of quaternary nitrogens is 2. The maximum absolute atomic E-state index is 10.7. The van der Waals surface area contributed by atoms with Crippen molar-refractivity contribution in [3.05, 3.63) is 12.2 Å². The Kier molecular flexibility index (Phi) is 26.5. The molecule has 0 aromatic rings. The van der Waals surface area contributed by atoms with Crippen molar-refractivity contribution in [1.29, 1.82) is 0 Å². The van der Waals surface area contributed by atoms with Crippen molar-refractivity contribution in [2.24, 2.45) is 0 Å². The number of esters is 1. The molecule has 0 aliphatic carbocycles. The van der Waals surface area contributed by atoms with Crippen LogP contribution in [0.25, 0.3) is 0 Å². The van der Waals surface area contributed by atoms with Crippen LogP contribution in [0.4, 0.5) is 0 Å². The van der Waals surface area contributed by atoms with E-state index in [0.29, 0.717) is 12.2 Å². The van der Waals surface area contributed by atoms with E-state index in [9.17, 15) is 4.79 Å². The Bertz CT molecular complexity index is 173. The summed E-state index contributed by atoms with van der Waals surface area (Å²) in [6.45, 7) is 6.32. The molecule has 0 radical (unpaired) electrons. The van der Waals surface area contributed by atoms with Gasteiger partial charge in [0, 0.05) is 12.0 Å². The second kappa shape index (κ2) is 17.1. The molecule has 6 heteroatoms. The van der Waals surface area contributed by atoms with Gasteiger partial charge in [0.05, 0.1) is 34.3 Å². The molecule has 16 heavy (non-hydrogen) atoms. The molecule has 0 rings (SSSR count). The first-order valence-electron chi connectivity index (χ1n) is 4.80. The summed E-state index contributed by atoms with van der Waals surface area (Å²) in [4.78, 5) is 12.1. The summed E-state index contributed by atoms with van der Waals surface area (Å²) in [6, 6.07) is 0. The molecule has 0 bridgehead atoms. The first-order chi connectivity index (χ1) is 6.41. The lowest BCUT2D eigenvalue weighted by atomic mass is 10.4. The highest BCUT2D eigenvalue weighted by atomic mass is 35.5. The minimum atomic E-state index is -0.312. The first-order valence-corrected chi connectivity index (χ1v) is 4.80. The Morgan fingerprint density at radius 1 is 1.31 bits per heavy atom. The molecule has 0 unspecified atom stereocenters. The fourth-order valence-electron chi connectivity index (χ4n) is 0.390. The van der Waals surface area contributed by atoms with Crippen molar-refractivity contribution >= 4 is 5.97 Å². The van der Waals surface area contributed by atoms with E-state index in [2.05, 4.69) is 33.5 Å². The molecule has 0 atom stereocenters. The molecule has 0 heterocycles. The lowest BCUT2D eigenvalue weighted by Gasteiger charge is -2.00. The van der Waals surface area contributed by atoms with Crippen LogP contribution in [0.5, 0.6) is 0 Å². The minimum Gasteiger partial charge on any atom is -1.00 e. The van der Waals surface area contributed by atoms with Crippen LogP contribution < -0.4 is 35.4 Å². The van der Waals surface area contributed by atoms with E-state index in [4.69, 9.17) is 4.74 Å². The average Bonchev–Trinajstić information content (AvgIpc) is 2.03. The average molecular weight is 275 g/mol. The van der Waals surface area contributed by atoms with E-state index in [-0.39, 0.29) is 30.8 Å². The van der Waals surface area contributed by atoms with Gasteiger partial charge in [-0.15, -0.1) is 0 Å². The molecule has 4 nitrogen and oxygen atoms in total. The molecule has 0 aromatic heterocycles. The lowest BCUT2D eigenvalue weighted by Crippen LogP contribution is -3.02. The predicted octanol–water partition coefficient (Wildman–Crippen LogP) is -7.49. The van der Waals surface area contributed by atoms with Crippen molar-refractivity contribution in [3.63, 3.8) is 0 Å². The number of nitrogens with one attached hydrogen (secondary N) is 1. The maximum atomic E-state index is 10.7. The molecule has 0 aromatic carbocycles. The molecule has 0 saturated heterocycles. The molecule has 0 spiro atoms. The lowest BCUT2D eigenvalue weighted by molar-refractivity contribution is -0.836. The molecule has 0 amide bonds. The van der Waals surface area contributed by atoms with Gasteiger partial charge in [0.15, 0.2) is 0 Å². The van der Waals surface area contributed by atoms with Crippen molar-refractivity contribution in [2.45, 2.75) is 13.3 Å². The van der Waals surface area contributed by atoms with E-state index >= 15 is 0 Å². The number of hydrogen-bond acceptors (Lipinski definition) is 2. The van der Waals surface area contributed by atoms with Crippen LogP contribution in [0, 0.1) is 0 Å². The second-order valence-electron chi connectivity index (χ2n) is 3.62. The summed E-state index contributed by atoms with van der Waals surface area (Å²) < 4.78 is 4.77. The van der Waals surface area contributed by atoms with Crippen molar-refractivity contribution in [1.82, 2.24) is 0 Å². The standard InChI is InChI=1S/C7H13NO2.C3H9N.2ClH/c1-6(2)7(9)10-5-3-4-8;1-4(2)3;;/h1,3-5,8H2,2H3;1-3H3;2*1H. The zero-order valence-corrected chi connectivity index (χ0v) is 12.1. The van der Waals surface area contributed by atoms with Crippen LogP contribution in [0.15, 0.2) is 12.2 Å². The SMILES string of the molecule is C=C(C)C(=O)OCCC[NH3+].C[NH+](C)C.[Cl-].[Cl-]. The Morgan fingerprint density at radius 3 is 1.94 bits per heavy atom. The molecule has 0 fully saturated rings. The van der Waals surface area contributed by atoms with E-state index in [1.54, 1.807) is 6.92 Å². The zero-order chi connectivity index (χ0) is 11.6. The third-order valence-electron chi connectivity index (χ3n) is 0.976. The molecule has 0 aliphatic rings. The summed E-state index contributed by atoms with van der Waals surface area (Å²) in [6.07, 6.45) is 0.818. The fourth-order valence-corrected chi connectivity index (χ4v) is 0.390. The van der Waals surface area contributed by atoms with Gasteiger partial charge in [0.1, 0.15) is 0 Å². The van der Waals surface area contributed by atoms with Gasteiger partial charge in [0.25, 0.3) is 0 Å². The fraction of sp³-hybridized carbons (Fsp3) is 0.700. The summed E-state index contributed by atoms with van der Waals surface area (Å²) in [7, 11) is 6.25. The number of rotatable bonds is 4. The van der Waals surface area contributed by atoms with E-state index in [0.717, 1.165) is 13.0 Å². The topological polar surface area (TPSA) is 58.4 Å². The number of hydrogen-bond donors (Lipinski definition) is 2. The zero-order valence-electron chi connectivity index (χ0n) is 10.6. The Labute approximate surface area is 111 Å². The largest absolute Gasteiger partial charge is 1.00 e. The molecular weight excluding hydrogens is 251 g/mol. The van der Waals surface area contributed by atoms with E-state index in [1.807, 2.05) is 0 Å². The smallest absolute Gasteiger partial charge is 0.333 e. The second-order valence-corrected chi connectivity index (χ2v) is 3.62. The van der Waals surface area contributed by atoms with Crippen molar-refractivity contribution in [2.75, 3.05) is 34.3 Å². The molecular formula is C10H24Cl2N2O2. The monoisotopic (exact) mass is 274 g/mol. The van der Waals surface area contributed by atoms with Gasteiger partial charge < -0.3 is 40.2 Å². The highest BCUT2D eigenvalue weighted by molar-refractivity contribution is 5.86. The van der Waals surface area contributed by atoms with Gasteiger partial charge in [0.2, 0.25) is 0 Å². The Morgan fingerprint density at radius 2 is 1.69 bits per heavy atom. The van der Waals surface area contributed by atoms with Gasteiger partial charge in [-0.3, -0.25) is 0 Å². The number of carbonyl (C=O) groups excluding carboxylic acids is 1. The normalized spacial score (nSPS) is 7.88. The number of carbonyl (C=O) groups is 1. The highest BCUT2D eigenvalue weighted by Crippen LogP contribution is 1.91. The van der Waals surface area contributed by atoms with Gasteiger partial charge in [-0.25, -0.2) is 4.79 Å². The predicted molar refractivity (Wildman–Crippen MR) is 56.9 cm³/mol. The van der Waals surface area contributed by atoms with Crippen LogP contribution in [0.1, 0.15) is 13.3 Å². The van der Waals surface area contributed by atoms with Gasteiger partial charge in [-0.2, -0.15) is 0 Å². The van der Waals surface area contributed by atoms with E-state index in [1.165, 1.54) is 4.90 Å². The maximum Gasteiger partial charge on any atom is 0.333 e. The van der Waals surface area contributed by atoms with Crippen molar-refractivity contribution in [3.8, 4) is 0 Å². The summed E-state index contributed by atoms with van der Waals surface area (Å²) in [5.41, 5.74) is 4.06. The number of ether oxygens (including phenoxy) is 1. The quantitative estimate of drug-likeness (QED) is 0.304. The van der Waals surface area contributed by atoms with Gasteiger partial charge in [-0.05, 0) is 6.92 Å². The Balaban J connectivity index is -0.000000105. The molecule has 0 aliphatic heterocycles. The molecule has 4 N–H and O–H groups in total. The van der Waals surface area contributed by atoms with E-state index < -0.39 is 0 Å². The molecule has 100 valence electrons. The van der Waals surface area contributed by atoms with Crippen LogP contribution in [-0.2, 0) is 9.53 Å². The van der Waals surface area contributed by atoms with Crippen LogP contribution in [-0.4, -0.2) is 40.3 Å². The van der Waals surface area contributed by atoms with Crippen molar-refractivity contribution < 1.29 is 45.0 Å². The molecule has 0 saturated carbocycles. The van der Waals surface area contributed by atoms with Gasteiger partial charge in [-0.1, -0.05) is 6.58 Å². The van der Waals surface area contributed by atoms with Crippen LogP contribution >= 0.6 is 0 Å². The van der Waals surface area contributed by atoms with Crippen LogP contribution in [0.3, 0.4) is 0 Å². The van der Waals surface area contributed by atoms with Gasteiger partial charge >= 0.3 is 5.97 Å². The number of halogens is 2. The third kappa shape index (κ3) is 29.2. The Hall–Kier alpha value is -0.290.